The number of hydrogen-bond acceptors (Lipinski definition) is 1. The second-order valence-corrected chi connectivity index (χ2v) is 7.84. The summed E-state index contributed by atoms with van der Waals surface area (Å²) in [5.41, 5.74) is 1.44. The summed E-state index contributed by atoms with van der Waals surface area (Å²) in [5, 5.41) is 0. The molecule has 2 bridgehead atoms. The van der Waals surface area contributed by atoms with Crippen molar-refractivity contribution in [2.45, 2.75) is 65.1 Å². The predicted molar refractivity (Wildman–Crippen MR) is 64.1 cm³/mol. The second-order valence-electron chi connectivity index (χ2n) is 7.84. The molecular weight excluding hydrogens is 196 g/mol. The highest BCUT2D eigenvalue weighted by Gasteiger charge is 2.76. The van der Waals surface area contributed by atoms with E-state index in [0.29, 0.717) is 16.9 Å². The van der Waals surface area contributed by atoms with Crippen LogP contribution in [0.25, 0.3) is 0 Å². The Labute approximate surface area is 98.9 Å². The van der Waals surface area contributed by atoms with Crippen LogP contribution in [-0.4, -0.2) is 11.7 Å². The van der Waals surface area contributed by atoms with Crippen LogP contribution in [0.15, 0.2) is 0 Å². The van der Waals surface area contributed by atoms with Crippen molar-refractivity contribution in [2.24, 2.45) is 28.6 Å². The highest BCUT2D eigenvalue weighted by atomic mass is 16.6. The first-order chi connectivity index (χ1) is 7.41. The molecule has 0 aromatic carbocycles. The maximum absolute atomic E-state index is 6.09. The summed E-state index contributed by atoms with van der Waals surface area (Å²) in [6.07, 6.45) is 6.38. The van der Waals surface area contributed by atoms with Crippen LogP contribution < -0.4 is 0 Å². The third-order valence-corrected chi connectivity index (χ3v) is 7.18. The van der Waals surface area contributed by atoms with E-state index in [1.54, 1.807) is 0 Å². The van der Waals surface area contributed by atoms with Gasteiger partial charge in [0.05, 0.1) is 11.7 Å². The fourth-order valence-corrected chi connectivity index (χ4v) is 6.21. The van der Waals surface area contributed by atoms with Crippen LogP contribution in [0.3, 0.4) is 0 Å². The minimum atomic E-state index is 0.263. The monoisotopic (exact) mass is 220 g/mol. The smallest absolute Gasteiger partial charge is 0.0954 e. The maximum Gasteiger partial charge on any atom is 0.0954 e. The van der Waals surface area contributed by atoms with Crippen molar-refractivity contribution in [1.82, 2.24) is 0 Å². The lowest BCUT2D eigenvalue weighted by Crippen LogP contribution is -2.36. The summed E-state index contributed by atoms with van der Waals surface area (Å²) < 4.78 is 6.09. The number of epoxide rings is 1. The lowest BCUT2D eigenvalue weighted by molar-refractivity contribution is 0.0866. The molecule has 4 fully saturated rings. The molecule has 1 aliphatic heterocycles. The Hall–Kier alpha value is -0.0400. The predicted octanol–water partition coefficient (Wildman–Crippen LogP) is 3.63. The molecule has 1 saturated heterocycles. The van der Waals surface area contributed by atoms with Crippen LogP contribution >= 0.6 is 0 Å². The van der Waals surface area contributed by atoms with Crippen LogP contribution in [0.5, 0.6) is 0 Å². The Morgan fingerprint density at radius 2 is 1.75 bits per heavy atom. The Morgan fingerprint density at radius 1 is 1.00 bits per heavy atom. The molecule has 6 atom stereocenters. The molecule has 1 spiro atoms. The zero-order chi connectivity index (χ0) is 11.3. The molecule has 16 heavy (non-hydrogen) atoms. The summed E-state index contributed by atoms with van der Waals surface area (Å²) in [7, 11) is 0. The highest BCUT2D eigenvalue weighted by Crippen LogP contribution is 2.77. The minimum absolute atomic E-state index is 0.263. The third kappa shape index (κ3) is 0.805. The van der Waals surface area contributed by atoms with Crippen LogP contribution in [-0.2, 0) is 4.74 Å². The van der Waals surface area contributed by atoms with E-state index in [4.69, 9.17) is 4.74 Å². The van der Waals surface area contributed by atoms with E-state index in [1.807, 2.05) is 0 Å². The van der Waals surface area contributed by atoms with Crippen molar-refractivity contribution in [1.29, 1.82) is 0 Å². The third-order valence-electron chi connectivity index (χ3n) is 7.18. The van der Waals surface area contributed by atoms with Gasteiger partial charge >= 0.3 is 0 Å². The first kappa shape index (κ1) is 9.94. The molecule has 1 nitrogen and oxygen atoms in total. The van der Waals surface area contributed by atoms with Gasteiger partial charge in [0.25, 0.3) is 0 Å². The normalized spacial score (nSPS) is 65.2. The molecule has 1 heteroatoms. The fourth-order valence-electron chi connectivity index (χ4n) is 6.21. The van der Waals surface area contributed by atoms with Gasteiger partial charge in [0, 0.05) is 0 Å². The second kappa shape index (κ2) is 2.39. The van der Waals surface area contributed by atoms with Gasteiger partial charge in [0.2, 0.25) is 0 Å². The van der Waals surface area contributed by atoms with E-state index in [1.165, 1.54) is 25.7 Å². The standard InChI is InChI=1S/C15H24O/c1-9-5-6-10-13(2,3)11-7-15(9,10)8-12-14(11,4)16-12/h9-12H,5-8H2,1-4H3/t9-,10-,11-,12+,14-,15-/m1/s1. The Kier molecular flexibility index (Phi) is 1.48. The summed E-state index contributed by atoms with van der Waals surface area (Å²) in [5.74, 6) is 2.75. The lowest BCUT2D eigenvalue weighted by Gasteiger charge is -2.37. The summed E-state index contributed by atoms with van der Waals surface area (Å²) in [4.78, 5) is 0. The molecule has 0 aromatic rings. The van der Waals surface area contributed by atoms with Crippen molar-refractivity contribution >= 4 is 0 Å². The van der Waals surface area contributed by atoms with Crippen molar-refractivity contribution in [3.05, 3.63) is 0 Å². The summed E-state index contributed by atoms with van der Waals surface area (Å²) in [6.45, 7) is 9.93. The highest BCUT2D eigenvalue weighted by molar-refractivity contribution is 5.24. The molecule has 1 heterocycles. The van der Waals surface area contributed by atoms with E-state index in [-0.39, 0.29) is 5.60 Å². The Balaban J connectivity index is 1.85. The number of ether oxygens (including phenoxy) is 1. The first-order valence-corrected chi connectivity index (χ1v) is 7.09. The van der Waals surface area contributed by atoms with Crippen molar-refractivity contribution in [3.63, 3.8) is 0 Å². The fraction of sp³-hybridized carbons (Fsp3) is 1.00. The molecule has 0 aromatic heterocycles. The minimum Gasteiger partial charge on any atom is -0.366 e. The average Bonchev–Trinajstić information content (AvgIpc) is 2.67. The van der Waals surface area contributed by atoms with E-state index in [2.05, 4.69) is 27.7 Å². The van der Waals surface area contributed by atoms with Crippen LogP contribution in [0, 0.1) is 28.6 Å². The zero-order valence-electron chi connectivity index (χ0n) is 11.0. The largest absolute Gasteiger partial charge is 0.366 e. The van der Waals surface area contributed by atoms with E-state index < -0.39 is 0 Å². The number of rotatable bonds is 0. The molecular formula is C15H24O. The van der Waals surface area contributed by atoms with Gasteiger partial charge in [0.1, 0.15) is 0 Å². The molecule has 4 rings (SSSR count). The SMILES string of the molecule is C[C@@H]1CC[C@@H]2C(C)(C)[C@H]3C[C@@]12C[C@@H]1O[C@@]13C. The van der Waals surface area contributed by atoms with E-state index in [9.17, 15) is 0 Å². The molecule has 0 amide bonds. The Bertz CT molecular complexity index is 356. The van der Waals surface area contributed by atoms with Crippen LogP contribution in [0.2, 0.25) is 0 Å². The van der Waals surface area contributed by atoms with Crippen molar-refractivity contribution in [3.8, 4) is 0 Å². The molecule has 3 aliphatic carbocycles. The molecule has 0 N–H and O–H groups in total. The van der Waals surface area contributed by atoms with Gasteiger partial charge in [-0.15, -0.1) is 0 Å². The molecule has 0 unspecified atom stereocenters. The topological polar surface area (TPSA) is 12.5 Å². The van der Waals surface area contributed by atoms with Gasteiger partial charge in [-0.05, 0) is 61.2 Å². The van der Waals surface area contributed by atoms with Gasteiger partial charge in [-0.2, -0.15) is 0 Å². The first-order valence-electron chi connectivity index (χ1n) is 7.09. The van der Waals surface area contributed by atoms with Crippen molar-refractivity contribution in [2.75, 3.05) is 0 Å². The van der Waals surface area contributed by atoms with Gasteiger partial charge in [-0.3, -0.25) is 0 Å². The van der Waals surface area contributed by atoms with E-state index in [0.717, 1.165) is 17.8 Å². The maximum atomic E-state index is 6.09. The number of hydrogen-bond donors (Lipinski definition) is 0. The molecule has 4 aliphatic rings. The van der Waals surface area contributed by atoms with E-state index >= 15 is 0 Å². The van der Waals surface area contributed by atoms with Gasteiger partial charge in [0.15, 0.2) is 0 Å². The average molecular weight is 220 g/mol. The molecule has 90 valence electrons. The number of fused-ring (bicyclic) bond motifs is 3. The van der Waals surface area contributed by atoms with Gasteiger partial charge in [-0.25, -0.2) is 0 Å². The van der Waals surface area contributed by atoms with Crippen LogP contribution in [0.1, 0.15) is 53.4 Å². The zero-order valence-corrected chi connectivity index (χ0v) is 11.0. The van der Waals surface area contributed by atoms with Gasteiger partial charge in [-0.1, -0.05) is 20.8 Å². The van der Waals surface area contributed by atoms with Crippen molar-refractivity contribution < 1.29 is 4.74 Å². The molecule has 3 saturated carbocycles. The Morgan fingerprint density at radius 3 is 2.50 bits per heavy atom. The molecule has 0 radical (unpaired) electrons. The van der Waals surface area contributed by atoms with Crippen LogP contribution in [0.4, 0.5) is 0 Å². The lowest BCUT2D eigenvalue weighted by atomic mass is 9.66. The van der Waals surface area contributed by atoms with Gasteiger partial charge < -0.3 is 4.74 Å². The summed E-state index contributed by atoms with van der Waals surface area (Å²) in [6, 6.07) is 0. The summed E-state index contributed by atoms with van der Waals surface area (Å²) >= 11 is 0. The quantitative estimate of drug-likeness (QED) is 0.568.